The number of esters is 4. The van der Waals surface area contributed by atoms with Crippen molar-refractivity contribution < 1.29 is 75.7 Å². The van der Waals surface area contributed by atoms with Crippen molar-refractivity contribution in [3.63, 3.8) is 0 Å². The second-order valence-electron chi connectivity index (χ2n) is 22.5. The minimum absolute atomic E-state index is 0.0303. The molecule has 21 heteroatoms. The highest BCUT2D eigenvalue weighted by molar-refractivity contribution is 7.47. The van der Waals surface area contributed by atoms with Crippen LogP contribution in [0.15, 0.2) is 30.3 Å². The second kappa shape index (κ2) is 50.0. The Bertz CT molecular complexity index is 2330. The number of carbonyl (C=O) groups is 6. The van der Waals surface area contributed by atoms with Gasteiger partial charge >= 0.3 is 31.7 Å². The molecule has 2 amide bonds. The van der Waals surface area contributed by atoms with Gasteiger partial charge in [0.05, 0.1) is 51.7 Å². The molecular formula is C67H107Cl2N2O16P. The fraction of sp³-hybridized carbons (Fsp3) is 0.701. The summed E-state index contributed by atoms with van der Waals surface area (Å²) in [4.78, 5) is 87.4. The van der Waals surface area contributed by atoms with Gasteiger partial charge in [-0.25, -0.2) is 14.2 Å². The molecular weight excluding hydrogens is 1190 g/mol. The van der Waals surface area contributed by atoms with Gasteiger partial charge in [-0.1, -0.05) is 223 Å². The minimum Gasteiger partial charge on any atom is -0.494 e. The molecule has 2 atom stereocenters. The molecule has 2 unspecified atom stereocenters. The number of unbranched alkanes of at least 4 members (excludes halogenated alkanes) is 28. The van der Waals surface area contributed by atoms with E-state index in [9.17, 15) is 38.2 Å². The standard InChI is InChI=1S/C67H107Cl2N2O16P/c1-7-9-11-13-15-17-19-21-23-25-27-29-31-33-35-39-62(74)84-50-54(87-63(75)40-36-34-32-30-28-26-24-22-20-18-16-14-12-10-8-2)51-86-88(78,79)85-45-44-71-61(73)42-41-60(72)70-43-37-38-55(52-46-56(66(76)82-5)64(80-3)58(68)48-52)53-47-57(67(77)83-6)65(81-4)59(69)49-53/h38,46-49,54H,7-37,39-45,50-51H2,1-6H3,(H,70,72)(H,71,73)(H,78,79). The normalized spacial score (nSPS) is 12.1. The van der Waals surface area contributed by atoms with Crippen molar-refractivity contribution in [2.75, 3.05) is 61.3 Å². The molecule has 2 aromatic rings. The van der Waals surface area contributed by atoms with Crippen molar-refractivity contribution in [2.24, 2.45) is 0 Å². The molecule has 0 saturated heterocycles. The molecule has 2 aromatic carbocycles. The van der Waals surface area contributed by atoms with Gasteiger partial charge in [-0.15, -0.1) is 0 Å². The Hall–Kier alpha value is -4.71. The van der Waals surface area contributed by atoms with Crippen LogP contribution in [-0.2, 0) is 51.7 Å². The molecule has 2 rings (SSSR count). The zero-order chi connectivity index (χ0) is 64.6. The van der Waals surface area contributed by atoms with Gasteiger partial charge in [0.15, 0.2) is 17.6 Å². The molecule has 0 aromatic heterocycles. The first kappa shape index (κ1) is 79.4. The van der Waals surface area contributed by atoms with Crippen LogP contribution in [0.2, 0.25) is 10.0 Å². The number of hydrogen-bond donors (Lipinski definition) is 3. The molecule has 0 radical (unpaired) electrons. The van der Waals surface area contributed by atoms with Crippen LogP contribution in [0.3, 0.4) is 0 Å². The molecule has 0 spiro atoms. The average Bonchev–Trinajstić information content (AvgIpc) is 2.73. The van der Waals surface area contributed by atoms with E-state index in [0.717, 1.165) is 38.5 Å². The lowest BCUT2D eigenvalue weighted by molar-refractivity contribution is -0.161. The Kier molecular flexibility index (Phi) is 45.1. The van der Waals surface area contributed by atoms with Gasteiger partial charge in [-0.3, -0.25) is 28.2 Å². The Morgan fingerprint density at radius 2 is 0.875 bits per heavy atom. The molecule has 500 valence electrons. The highest BCUT2D eigenvalue weighted by atomic mass is 35.5. The van der Waals surface area contributed by atoms with Gasteiger partial charge in [0.1, 0.15) is 17.7 Å². The molecule has 0 aliphatic rings. The van der Waals surface area contributed by atoms with E-state index in [1.54, 1.807) is 18.2 Å². The molecule has 88 heavy (non-hydrogen) atoms. The zero-order valence-corrected chi connectivity index (χ0v) is 56.4. The third kappa shape index (κ3) is 36.2. The van der Waals surface area contributed by atoms with Crippen LogP contribution in [0, 0.1) is 0 Å². The lowest BCUT2D eigenvalue weighted by Crippen LogP contribution is -2.30. The summed E-state index contributed by atoms with van der Waals surface area (Å²) in [6.07, 6.45) is 36.6. The first-order valence-electron chi connectivity index (χ1n) is 32.7. The van der Waals surface area contributed by atoms with Crippen molar-refractivity contribution in [3.8, 4) is 11.5 Å². The minimum atomic E-state index is -4.74. The van der Waals surface area contributed by atoms with E-state index in [0.29, 0.717) is 29.5 Å². The van der Waals surface area contributed by atoms with E-state index in [1.807, 2.05) is 0 Å². The third-order valence-corrected chi connectivity index (χ3v) is 16.7. The van der Waals surface area contributed by atoms with Gasteiger partial charge in [-0.2, -0.15) is 0 Å². The Morgan fingerprint density at radius 3 is 1.26 bits per heavy atom. The number of ether oxygens (including phenoxy) is 6. The van der Waals surface area contributed by atoms with Crippen LogP contribution in [0.25, 0.3) is 5.57 Å². The zero-order valence-electron chi connectivity index (χ0n) is 54.0. The molecule has 0 saturated carbocycles. The monoisotopic (exact) mass is 1300 g/mol. The highest BCUT2D eigenvalue weighted by Crippen LogP contribution is 2.43. The molecule has 0 heterocycles. The molecule has 0 aliphatic carbocycles. The topological polar surface area (TPSA) is 238 Å². The van der Waals surface area contributed by atoms with Crippen molar-refractivity contribution >= 4 is 72.3 Å². The maximum Gasteiger partial charge on any atom is 0.472 e. The number of benzene rings is 2. The summed E-state index contributed by atoms with van der Waals surface area (Å²) in [5, 5.41) is 5.48. The first-order chi connectivity index (χ1) is 42.5. The third-order valence-electron chi connectivity index (χ3n) is 15.1. The number of phosphoric ester groups is 1. The van der Waals surface area contributed by atoms with E-state index < -0.39 is 62.8 Å². The highest BCUT2D eigenvalue weighted by Gasteiger charge is 2.27. The SMILES string of the molecule is CCCCCCCCCCCCCCCCCC(=O)OCC(COP(=O)(O)OCCNC(=O)CCC(=O)NCCC=C(c1cc(Cl)c(OC)c(C(=O)OC)c1)c1cc(Cl)c(OC)c(C(=O)OC)c1)OC(=O)CCCCCCCCCCCCCCCCC. The van der Waals surface area contributed by atoms with Crippen LogP contribution in [0.1, 0.15) is 270 Å². The van der Waals surface area contributed by atoms with Crippen molar-refractivity contribution in [2.45, 2.75) is 245 Å². The van der Waals surface area contributed by atoms with Gasteiger partial charge in [-0.05, 0) is 60.2 Å². The lowest BCUT2D eigenvalue weighted by Gasteiger charge is -2.20. The van der Waals surface area contributed by atoms with Gasteiger partial charge in [0.25, 0.3) is 0 Å². The van der Waals surface area contributed by atoms with E-state index in [1.165, 1.54) is 182 Å². The lowest BCUT2D eigenvalue weighted by atomic mass is 9.93. The van der Waals surface area contributed by atoms with Gasteiger partial charge in [0.2, 0.25) is 11.8 Å². The number of carbonyl (C=O) groups excluding carboxylic acids is 6. The van der Waals surface area contributed by atoms with Crippen LogP contribution < -0.4 is 20.1 Å². The number of phosphoric acid groups is 1. The maximum absolute atomic E-state index is 13.0. The molecule has 0 bridgehead atoms. The largest absolute Gasteiger partial charge is 0.494 e. The number of halogens is 2. The second-order valence-corrected chi connectivity index (χ2v) is 24.7. The summed E-state index contributed by atoms with van der Waals surface area (Å²) >= 11 is 13.2. The Labute approximate surface area is 536 Å². The van der Waals surface area contributed by atoms with E-state index in [4.69, 9.17) is 60.7 Å². The van der Waals surface area contributed by atoms with Crippen molar-refractivity contribution in [3.05, 3.63) is 62.6 Å². The fourth-order valence-electron chi connectivity index (χ4n) is 10.1. The predicted molar refractivity (Wildman–Crippen MR) is 347 cm³/mol. The smallest absolute Gasteiger partial charge is 0.472 e. The van der Waals surface area contributed by atoms with Gasteiger partial charge in [0, 0.05) is 38.8 Å². The number of rotatable bonds is 54. The summed E-state index contributed by atoms with van der Waals surface area (Å²) < 4.78 is 55.0. The summed E-state index contributed by atoms with van der Waals surface area (Å²) in [6, 6.07) is 6.13. The molecule has 18 nitrogen and oxygen atoms in total. The average molecular weight is 1300 g/mol. The van der Waals surface area contributed by atoms with Gasteiger partial charge < -0.3 is 43.9 Å². The van der Waals surface area contributed by atoms with Crippen molar-refractivity contribution in [1.29, 1.82) is 0 Å². The predicted octanol–water partition coefficient (Wildman–Crippen LogP) is 16.5. The number of methoxy groups -OCH3 is 4. The van der Waals surface area contributed by atoms with Crippen LogP contribution in [0.4, 0.5) is 0 Å². The van der Waals surface area contributed by atoms with Crippen LogP contribution in [0.5, 0.6) is 11.5 Å². The fourth-order valence-corrected chi connectivity index (χ4v) is 11.5. The summed E-state index contributed by atoms with van der Waals surface area (Å²) in [6.45, 7) is 3.02. The summed E-state index contributed by atoms with van der Waals surface area (Å²) in [5.74, 6) is -3.23. The summed E-state index contributed by atoms with van der Waals surface area (Å²) in [5.41, 5.74) is 1.36. The number of amides is 2. The quantitative estimate of drug-likeness (QED) is 0.0242. The Balaban J connectivity index is 1.88. The number of hydrogen-bond acceptors (Lipinski definition) is 15. The van der Waals surface area contributed by atoms with E-state index in [2.05, 4.69) is 24.5 Å². The van der Waals surface area contributed by atoms with Crippen LogP contribution >= 0.6 is 31.0 Å². The Morgan fingerprint density at radius 1 is 0.500 bits per heavy atom. The summed E-state index contributed by atoms with van der Waals surface area (Å²) in [7, 11) is 0.397. The first-order valence-corrected chi connectivity index (χ1v) is 34.9. The van der Waals surface area contributed by atoms with E-state index >= 15 is 0 Å². The molecule has 3 N–H and O–H groups in total. The molecule has 0 aliphatic heterocycles. The maximum atomic E-state index is 13.0. The molecule has 0 fully saturated rings. The van der Waals surface area contributed by atoms with E-state index in [-0.39, 0.29) is 84.5 Å². The van der Waals surface area contributed by atoms with Crippen LogP contribution in [-0.4, -0.2) is 108 Å². The number of nitrogens with one attached hydrogen (secondary N) is 2. The van der Waals surface area contributed by atoms with Crippen molar-refractivity contribution in [1.82, 2.24) is 10.6 Å².